The largest absolute Gasteiger partial charge is 0.296 e. The van der Waals surface area contributed by atoms with Crippen LogP contribution in [0.4, 0.5) is 17.6 Å². The number of aromatic nitrogens is 12. The fraction of sp³-hybridized carbons (Fsp3) is 0.245. The molecule has 17 nitrogen and oxygen atoms in total. The highest BCUT2D eigenvalue weighted by atomic mass is 19.1. The molecular formula is C106H88F4N12O5. The van der Waals surface area contributed by atoms with Crippen molar-refractivity contribution < 1.29 is 17.6 Å². The number of pyridine rings is 5. The monoisotopic (exact) mass is 1680 g/mol. The molecule has 3 aliphatic carbocycles. The Morgan fingerprint density at radius 2 is 0.701 bits per heavy atom. The Morgan fingerprint density at radius 1 is 0.299 bits per heavy atom. The van der Waals surface area contributed by atoms with E-state index >= 15 is 0 Å². The molecule has 127 heavy (non-hydrogen) atoms. The van der Waals surface area contributed by atoms with Crippen LogP contribution in [0.25, 0.3) is 38.9 Å². The van der Waals surface area contributed by atoms with Gasteiger partial charge in [0.25, 0.3) is 27.8 Å². The summed E-state index contributed by atoms with van der Waals surface area (Å²) >= 11 is 0. The van der Waals surface area contributed by atoms with Gasteiger partial charge in [0.2, 0.25) is 0 Å². The van der Waals surface area contributed by atoms with Gasteiger partial charge in [-0.1, -0.05) is 122 Å². The Balaban J connectivity index is 0.000000117. The van der Waals surface area contributed by atoms with E-state index in [0.29, 0.717) is 68.7 Å². The highest BCUT2D eigenvalue weighted by molar-refractivity contribution is 5.80. The molecule has 2 aliphatic heterocycles. The van der Waals surface area contributed by atoms with E-state index in [9.17, 15) is 41.5 Å². The zero-order chi connectivity index (χ0) is 87.5. The molecule has 630 valence electrons. The molecule has 21 heteroatoms. The summed E-state index contributed by atoms with van der Waals surface area (Å²) in [5, 5.41) is 0.595. The summed E-state index contributed by atoms with van der Waals surface area (Å²) in [4.78, 5) is 95.6. The van der Waals surface area contributed by atoms with Crippen molar-refractivity contribution in [2.24, 2.45) is 0 Å². The van der Waals surface area contributed by atoms with Crippen molar-refractivity contribution >= 4 is 38.9 Å². The van der Waals surface area contributed by atoms with Crippen LogP contribution in [0.5, 0.6) is 0 Å². The highest BCUT2D eigenvalue weighted by Crippen LogP contribution is 2.25. The van der Waals surface area contributed by atoms with Gasteiger partial charge in [0.05, 0.1) is 33.5 Å². The van der Waals surface area contributed by atoms with Crippen molar-refractivity contribution in [3.63, 3.8) is 0 Å². The van der Waals surface area contributed by atoms with E-state index in [2.05, 4.69) is 80.7 Å². The van der Waals surface area contributed by atoms with E-state index in [1.807, 2.05) is 54.6 Å². The molecule has 0 amide bonds. The molecule has 15 aromatic rings. The van der Waals surface area contributed by atoms with Gasteiger partial charge in [-0.25, -0.2) is 47.5 Å². The number of benzene rings is 5. The molecule has 0 fully saturated rings. The molecule has 0 spiro atoms. The summed E-state index contributed by atoms with van der Waals surface area (Å²) in [6, 6.07) is 46.5. The molecular weight excluding hydrogens is 1600 g/mol. The molecule has 0 radical (unpaired) electrons. The van der Waals surface area contributed by atoms with Gasteiger partial charge in [-0.2, -0.15) is 0 Å². The van der Waals surface area contributed by atoms with E-state index in [4.69, 9.17) is 19.9 Å². The van der Waals surface area contributed by atoms with Crippen LogP contribution in [0.15, 0.2) is 243 Å². The zero-order valence-electron chi connectivity index (χ0n) is 70.1. The third-order valence-electron chi connectivity index (χ3n) is 22.9. The fourth-order valence-electron chi connectivity index (χ4n) is 16.1. The zero-order valence-corrected chi connectivity index (χ0v) is 70.1. The summed E-state index contributed by atoms with van der Waals surface area (Å²) in [7, 11) is 0. The average molecular weight is 1690 g/mol. The van der Waals surface area contributed by atoms with Crippen LogP contribution in [0.3, 0.4) is 0 Å². The van der Waals surface area contributed by atoms with Crippen LogP contribution in [-0.4, -0.2) is 57.2 Å². The standard InChI is InChI=1S/C22H17FN2O.C22H19FN2O.C21H17FN2O.C21H19N3O.C20H16FN3O/c1-15-5-10-21-24-20-14-17(7-6-16-3-2-4-18(23)13-16)8-9-19(20)22(26)25(21)12-11-15;23-18-11-9-16(10-12-18)7-8-17-13-14-25-21(15-17)24-20-6-4-2-1-3-5-19(20)22(25)26;22-17-10-8-15(9-11-17)6-7-16-12-13-24-20(14-16)23-19-5-3-1-2-4-18(19)21(24)25;25-21-18-7-3-1-2-4-8-19(18)23-20-14-16(11-13-24(20)21)9-10-17-6-5-12-22-15-17;21-16-6-4-5-14(11-16)8-9-15-12-17-19(22-13-15)20(25)24-10-3-1-2-7-18(24)23-17/h2-4,8-9,13-14H,1,5,10-12H2;9-15H,1-6H2;8-14H,1-5H2;5-6,11-15H,1-4,7-8H2;4-6,11-13H,1-3,7,10H2. The molecule has 5 aromatic carbocycles. The summed E-state index contributed by atoms with van der Waals surface area (Å²) in [6.45, 7) is 5.39. The lowest BCUT2D eigenvalue weighted by molar-refractivity contribution is 0.603. The van der Waals surface area contributed by atoms with E-state index in [0.717, 1.165) is 218 Å². The van der Waals surface area contributed by atoms with Gasteiger partial charge in [0, 0.05) is 135 Å². The first-order valence-electron chi connectivity index (χ1n) is 43.3. The Kier molecular flexibility index (Phi) is 27.3. The van der Waals surface area contributed by atoms with Crippen LogP contribution in [0.1, 0.15) is 204 Å². The Bertz CT molecular complexity index is 7430. The van der Waals surface area contributed by atoms with Gasteiger partial charge in [0.15, 0.2) is 5.52 Å². The van der Waals surface area contributed by atoms with E-state index < -0.39 is 0 Å². The van der Waals surface area contributed by atoms with Crippen LogP contribution < -0.4 is 27.8 Å². The maximum atomic E-state index is 13.2. The van der Waals surface area contributed by atoms with Crippen LogP contribution in [0, 0.1) is 82.5 Å². The lowest BCUT2D eigenvalue weighted by Crippen LogP contribution is -2.25. The minimum Gasteiger partial charge on any atom is -0.296 e. The quantitative estimate of drug-likeness (QED) is 0.0603. The topological polar surface area (TPSA) is 199 Å². The third kappa shape index (κ3) is 21.6. The van der Waals surface area contributed by atoms with Crippen molar-refractivity contribution in [3.05, 3.63) is 395 Å². The molecule has 0 N–H and O–H groups in total. The number of hydrogen-bond acceptors (Lipinski definition) is 12. The van der Waals surface area contributed by atoms with Gasteiger partial charge in [0.1, 0.15) is 51.9 Å². The lowest BCUT2D eigenvalue weighted by Gasteiger charge is -2.13. The van der Waals surface area contributed by atoms with Gasteiger partial charge in [-0.05, 0) is 260 Å². The second-order valence-electron chi connectivity index (χ2n) is 32.0. The van der Waals surface area contributed by atoms with Gasteiger partial charge in [-0.15, -0.1) is 0 Å². The first-order chi connectivity index (χ1) is 62.0. The summed E-state index contributed by atoms with van der Waals surface area (Å²) < 4.78 is 60.7. The SMILES string of the molecule is C=C1CCc2nc3cc(C#Cc4cccc(F)c4)ccc3c(=O)n2CC1.O=c1c2c(nc3cc(C#Cc4ccc(F)cc4)ccn13)CCCCC2.O=c1c2c(nc3cc(C#Cc4ccc(F)cc4)ccn13)CCCCCC2.O=c1c2c(nc3cc(C#Cc4cccnc4)ccn13)CCCCCC2.O=c1c2ncc(C#Cc3cccc(F)c3)cc2nc2n1CCCCC2. The van der Waals surface area contributed by atoms with Gasteiger partial charge in [-0.3, -0.25) is 51.3 Å². The third-order valence-corrected chi connectivity index (χ3v) is 22.9. The second kappa shape index (κ2) is 40.6. The van der Waals surface area contributed by atoms with Crippen LogP contribution >= 0.6 is 0 Å². The normalized spacial score (nSPS) is 13.8. The van der Waals surface area contributed by atoms with Crippen molar-refractivity contribution in [1.82, 2.24) is 57.2 Å². The van der Waals surface area contributed by atoms with E-state index in [1.165, 1.54) is 74.2 Å². The van der Waals surface area contributed by atoms with E-state index in [-0.39, 0.29) is 51.1 Å². The fourth-order valence-corrected chi connectivity index (χ4v) is 16.1. The van der Waals surface area contributed by atoms with Crippen LogP contribution in [-0.2, 0) is 64.5 Å². The molecule has 0 saturated heterocycles. The van der Waals surface area contributed by atoms with Crippen molar-refractivity contribution in [2.45, 2.75) is 167 Å². The van der Waals surface area contributed by atoms with Crippen molar-refractivity contribution in [2.75, 3.05) is 0 Å². The molecule has 20 rings (SSSR count). The summed E-state index contributed by atoms with van der Waals surface area (Å²) in [5.74, 6) is 30.7. The number of nitrogens with zero attached hydrogens (tertiary/aromatic N) is 12. The Morgan fingerprint density at radius 3 is 1.20 bits per heavy atom. The minimum atomic E-state index is -0.319. The summed E-state index contributed by atoms with van der Waals surface area (Å²) in [6.07, 6.45) is 34.2. The molecule has 0 saturated carbocycles. The molecule has 5 aliphatic rings. The Hall–Kier alpha value is -15.0. The maximum absolute atomic E-state index is 13.2. The highest BCUT2D eigenvalue weighted by Gasteiger charge is 2.21. The number of halogens is 4. The second-order valence-corrected chi connectivity index (χ2v) is 32.0. The van der Waals surface area contributed by atoms with Crippen LogP contribution in [0.2, 0.25) is 0 Å². The first-order valence-corrected chi connectivity index (χ1v) is 43.3. The number of aryl methyl sites for hydroxylation is 5. The Labute approximate surface area is 731 Å². The maximum Gasteiger partial charge on any atom is 0.280 e. The molecule has 10 aromatic heterocycles. The van der Waals surface area contributed by atoms with Crippen molar-refractivity contribution in [1.29, 1.82) is 0 Å². The average Bonchev–Trinajstić information content (AvgIpc) is 1.71. The first kappa shape index (κ1) is 85.6. The summed E-state index contributed by atoms with van der Waals surface area (Å²) in [5.41, 5.74) is 17.6. The number of rotatable bonds is 0. The molecule has 0 atom stereocenters. The van der Waals surface area contributed by atoms with Gasteiger partial charge >= 0.3 is 0 Å². The molecule has 12 heterocycles. The number of hydrogen-bond donors (Lipinski definition) is 0. The smallest absolute Gasteiger partial charge is 0.280 e. The predicted molar refractivity (Wildman–Crippen MR) is 487 cm³/mol. The molecule has 0 bridgehead atoms. The predicted octanol–water partition coefficient (Wildman–Crippen LogP) is 17.4. The van der Waals surface area contributed by atoms with E-state index in [1.54, 1.807) is 126 Å². The minimum absolute atomic E-state index is 0.00987. The van der Waals surface area contributed by atoms with Crippen molar-refractivity contribution in [3.8, 4) is 59.2 Å². The van der Waals surface area contributed by atoms with Gasteiger partial charge < -0.3 is 0 Å². The lowest BCUT2D eigenvalue weighted by atomic mass is 9.98. The molecule has 0 unspecified atom stereocenters. The number of allylic oxidation sites excluding steroid dienone is 1. The number of fused-ring (bicyclic) bond motifs is 10.